The molecule has 21 heavy (non-hydrogen) atoms. The van der Waals surface area contributed by atoms with E-state index in [0.717, 1.165) is 41.0 Å². The lowest BCUT2D eigenvalue weighted by Gasteiger charge is -2.28. The average Bonchev–Trinajstić information content (AvgIpc) is 3.20. The van der Waals surface area contributed by atoms with Crippen molar-refractivity contribution in [1.82, 2.24) is 4.90 Å². The molecule has 0 aliphatic carbocycles. The van der Waals surface area contributed by atoms with Crippen molar-refractivity contribution in [3.8, 4) is 17.2 Å². The first-order valence-corrected chi connectivity index (χ1v) is 7.72. The van der Waals surface area contributed by atoms with E-state index in [1.165, 1.54) is 0 Å². The van der Waals surface area contributed by atoms with Gasteiger partial charge in [-0.05, 0) is 29.4 Å². The second kappa shape index (κ2) is 5.34. The molecule has 0 amide bonds. The fourth-order valence-electron chi connectivity index (χ4n) is 3.19. The number of benzene rings is 1. The van der Waals surface area contributed by atoms with Crippen LogP contribution in [0.4, 0.5) is 0 Å². The van der Waals surface area contributed by atoms with Crippen LogP contribution < -0.4 is 14.2 Å². The van der Waals surface area contributed by atoms with Gasteiger partial charge in [0.2, 0.25) is 0 Å². The van der Waals surface area contributed by atoms with Crippen molar-refractivity contribution in [1.29, 1.82) is 0 Å². The number of piperidine rings is 1. The Morgan fingerprint density at radius 3 is 2.52 bits per heavy atom. The lowest BCUT2D eigenvalue weighted by Crippen LogP contribution is -2.36. The maximum atomic E-state index is 6.07. The molecule has 0 aromatic heterocycles. The molecule has 6 heteroatoms. The zero-order chi connectivity index (χ0) is 15.2. The van der Waals surface area contributed by atoms with E-state index in [1.54, 1.807) is 21.3 Å². The number of likely N-dealkylation sites (N-methyl/N-ethyl adjacent to an activating group) is 1. The van der Waals surface area contributed by atoms with Crippen LogP contribution in [0.5, 0.6) is 17.2 Å². The van der Waals surface area contributed by atoms with E-state index in [0.29, 0.717) is 5.75 Å². The summed E-state index contributed by atoms with van der Waals surface area (Å²) in [6.07, 6.45) is 1.12. The molecule has 0 spiro atoms. The van der Waals surface area contributed by atoms with Crippen LogP contribution in [0.1, 0.15) is 12.0 Å². The third kappa shape index (κ3) is 2.20. The highest BCUT2D eigenvalue weighted by Gasteiger charge is 2.62. The van der Waals surface area contributed by atoms with E-state index >= 15 is 0 Å². The van der Waals surface area contributed by atoms with Crippen LogP contribution in [-0.2, 0) is 10.3 Å². The Morgan fingerprint density at radius 1 is 1.24 bits per heavy atom. The molecule has 5 nitrogen and oxygen atoms in total. The predicted octanol–water partition coefficient (Wildman–Crippen LogP) is 2.40. The Kier molecular flexibility index (Phi) is 3.80. The van der Waals surface area contributed by atoms with Crippen LogP contribution in [0.25, 0.3) is 0 Å². The van der Waals surface area contributed by atoms with Gasteiger partial charge in [0.15, 0.2) is 0 Å². The number of epoxide rings is 1. The zero-order valence-electron chi connectivity index (χ0n) is 12.7. The van der Waals surface area contributed by atoms with Crippen molar-refractivity contribution in [3.05, 3.63) is 16.1 Å². The van der Waals surface area contributed by atoms with E-state index in [4.69, 9.17) is 18.9 Å². The summed E-state index contributed by atoms with van der Waals surface area (Å²) in [4.78, 5) is 2.29. The molecule has 2 aliphatic rings. The van der Waals surface area contributed by atoms with Gasteiger partial charge in [0.05, 0.1) is 26.9 Å². The molecular formula is C15H20BrNO4. The summed E-state index contributed by atoms with van der Waals surface area (Å²) in [5, 5.41) is 0. The Bertz CT molecular complexity index is 565. The third-order valence-corrected chi connectivity index (χ3v) is 5.13. The largest absolute Gasteiger partial charge is 0.496 e. The van der Waals surface area contributed by atoms with Gasteiger partial charge in [-0.25, -0.2) is 0 Å². The molecule has 0 radical (unpaired) electrons. The number of hydrogen-bond acceptors (Lipinski definition) is 5. The summed E-state index contributed by atoms with van der Waals surface area (Å²) in [5.74, 6) is 2.17. The second-order valence-corrected chi connectivity index (χ2v) is 6.30. The minimum Gasteiger partial charge on any atom is -0.496 e. The van der Waals surface area contributed by atoms with E-state index in [2.05, 4.69) is 27.9 Å². The number of halogens is 1. The lowest BCUT2D eigenvalue weighted by atomic mass is 9.87. The van der Waals surface area contributed by atoms with Crippen molar-refractivity contribution in [2.45, 2.75) is 18.1 Å². The summed E-state index contributed by atoms with van der Waals surface area (Å²) < 4.78 is 23.5. The topological polar surface area (TPSA) is 43.5 Å². The second-order valence-electron chi connectivity index (χ2n) is 5.51. The van der Waals surface area contributed by atoms with E-state index in [-0.39, 0.29) is 11.7 Å². The van der Waals surface area contributed by atoms with Gasteiger partial charge in [0.25, 0.3) is 0 Å². The van der Waals surface area contributed by atoms with Crippen molar-refractivity contribution in [2.24, 2.45) is 0 Å². The highest BCUT2D eigenvalue weighted by Crippen LogP contribution is 2.59. The summed E-state index contributed by atoms with van der Waals surface area (Å²) in [6, 6.07) is 1.88. The molecule has 2 fully saturated rings. The lowest BCUT2D eigenvalue weighted by molar-refractivity contribution is 0.248. The first-order valence-electron chi connectivity index (χ1n) is 6.92. The van der Waals surface area contributed by atoms with E-state index in [1.807, 2.05) is 6.07 Å². The number of likely N-dealkylation sites (tertiary alicyclic amines) is 1. The van der Waals surface area contributed by atoms with Gasteiger partial charge in [-0.1, -0.05) is 0 Å². The maximum Gasteiger partial charge on any atom is 0.146 e. The Morgan fingerprint density at radius 2 is 1.95 bits per heavy atom. The molecular weight excluding hydrogens is 338 g/mol. The van der Waals surface area contributed by atoms with Crippen LogP contribution in [0.15, 0.2) is 10.5 Å². The van der Waals surface area contributed by atoms with Gasteiger partial charge in [0, 0.05) is 19.2 Å². The third-order valence-electron chi connectivity index (χ3n) is 4.38. The quantitative estimate of drug-likeness (QED) is 0.774. The summed E-state index contributed by atoms with van der Waals surface area (Å²) in [5.41, 5.74) is 0.691. The molecule has 2 atom stereocenters. The van der Waals surface area contributed by atoms with Crippen LogP contribution in [-0.4, -0.2) is 52.5 Å². The van der Waals surface area contributed by atoms with Crippen LogP contribution in [0.2, 0.25) is 0 Å². The zero-order valence-corrected chi connectivity index (χ0v) is 14.3. The average molecular weight is 358 g/mol. The van der Waals surface area contributed by atoms with Crippen LogP contribution >= 0.6 is 15.9 Å². The molecule has 0 saturated carbocycles. The number of rotatable bonds is 4. The summed E-state index contributed by atoms with van der Waals surface area (Å²) in [6.45, 7) is 1.92. The van der Waals surface area contributed by atoms with Gasteiger partial charge in [0.1, 0.15) is 33.4 Å². The highest BCUT2D eigenvalue weighted by atomic mass is 79.9. The molecule has 0 bridgehead atoms. The standard InChI is InChI=1S/C15H20BrNO4/c1-17-6-5-15(11(8-17)21-15)12-9(18-2)7-10(19-3)13(16)14(12)20-4/h7,11H,5-6,8H2,1-4H3/t11-,15+/m0/s1. The van der Waals surface area contributed by atoms with Crippen molar-refractivity contribution < 1.29 is 18.9 Å². The van der Waals surface area contributed by atoms with Crippen LogP contribution in [0, 0.1) is 0 Å². The van der Waals surface area contributed by atoms with Crippen molar-refractivity contribution in [3.63, 3.8) is 0 Å². The molecule has 1 aromatic carbocycles. The van der Waals surface area contributed by atoms with Crippen LogP contribution in [0.3, 0.4) is 0 Å². The Balaban J connectivity index is 2.12. The predicted molar refractivity (Wildman–Crippen MR) is 82.5 cm³/mol. The first-order chi connectivity index (χ1) is 10.1. The van der Waals surface area contributed by atoms with Gasteiger partial charge < -0.3 is 23.8 Å². The number of methoxy groups -OCH3 is 3. The van der Waals surface area contributed by atoms with Gasteiger partial charge in [-0.3, -0.25) is 0 Å². The minimum absolute atomic E-state index is 0.194. The maximum absolute atomic E-state index is 6.07. The molecule has 2 heterocycles. The van der Waals surface area contributed by atoms with Crippen molar-refractivity contribution in [2.75, 3.05) is 41.5 Å². The number of fused-ring (bicyclic) bond motifs is 1. The summed E-state index contributed by atoms with van der Waals surface area (Å²) in [7, 11) is 7.06. The number of ether oxygens (including phenoxy) is 4. The summed E-state index contributed by atoms with van der Waals surface area (Å²) >= 11 is 3.57. The van der Waals surface area contributed by atoms with Gasteiger partial charge in [-0.15, -0.1) is 0 Å². The smallest absolute Gasteiger partial charge is 0.146 e. The molecule has 116 valence electrons. The molecule has 0 N–H and O–H groups in total. The Labute approximate surface area is 133 Å². The van der Waals surface area contributed by atoms with Gasteiger partial charge in [-0.2, -0.15) is 0 Å². The number of nitrogens with zero attached hydrogens (tertiary/aromatic N) is 1. The molecule has 3 rings (SSSR count). The SMILES string of the molecule is COc1cc(OC)c([C@@]23CCN(C)C[C@@H]2O3)c(OC)c1Br. The normalized spacial score (nSPS) is 28.0. The highest BCUT2D eigenvalue weighted by molar-refractivity contribution is 9.10. The molecule has 2 aliphatic heterocycles. The minimum atomic E-state index is -0.294. The van der Waals surface area contributed by atoms with Crippen molar-refractivity contribution >= 4 is 15.9 Å². The first kappa shape index (κ1) is 14.9. The van der Waals surface area contributed by atoms with Gasteiger partial charge >= 0.3 is 0 Å². The monoisotopic (exact) mass is 357 g/mol. The molecule has 0 unspecified atom stereocenters. The van der Waals surface area contributed by atoms with E-state index in [9.17, 15) is 0 Å². The Hall–Kier alpha value is -0.980. The van der Waals surface area contributed by atoms with E-state index < -0.39 is 0 Å². The molecule has 2 saturated heterocycles. The molecule has 1 aromatic rings. The fourth-order valence-corrected chi connectivity index (χ4v) is 3.83. The number of hydrogen-bond donors (Lipinski definition) is 0. The fraction of sp³-hybridized carbons (Fsp3) is 0.600.